The molecule has 0 bridgehead atoms. The maximum absolute atomic E-state index is 13.5. The molecule has 3 aromatic carbocycles. The number of para-hydroxylation sites is 1. The van der Waals surface area contributed by atoms with Crippen molar-refractivity contribution < 1.29 is 14.3 Å². The molecule has 7 heteroatoms. The summed E-state index contributed by atoms with van der Waals surface area (Å²) in [6, 6.07) is 21.0. The summed E-state index contributed by atoms with van der Waals surface area (Å²) < 4.78 is 13.3. The Labute approximate surface area is 224 Å². The van der Waals surface area contributed by atoms with Crippen LogP contribution in [0.3, 0.4) is 0 Å². The van der Waals surface area contributed by atoms with Crippen LogP contribution in [0.2, 0.25) is 0 Å². The molecule has 0 spiro atoms. The largest absolute Gasteiger partial charge is 0.454 e. The predicted octanol–water partition coefficient (Wildman–Crippen LogP) is 4.48. The fraction of sp³-hybridized carbons (Fsp3) is 0.387. The fourth-order valence-corrected chi connectivity index (χ4v) is 5.71. The number of hydrogen-bond acceptors (Lipinski definition) is 5. The van der Waals surface area contributed by atoms with Gasteiger partial charge in [0.15, 0.2) is 11.5 Å². The maximum atomic E-state index is 13.5. The quantitative estimate of drug-likeness (QED) is 0.349. The van der Waals surface area contributed by atoms with Gasteiger partial charge in [-0.2, -0.15) is 0 Å². The van der Waals surface area contributed by atoms with Gasteiger partial charge in [0.05, 0.1) is 0 Å². The molecular weight excluding hydrogens is 476 g/mol. The Kier molecular flexibility index (Phi) is 6.96. The van der Waals surface area contributed by atoms with Gasteiger partial charge in [-0.25, -0.2) is 0 Å². The standard InChI is InChI=1S/C31H36N4O3/c1-32(2)13-5-14-35-27-7-4-3-6-25(27)26-10-9-24(21-28(26)35)31(36)34-18-16-33(17-19-34)15-12-23-8-11-29-30(20-23)38-22-37-29/h3-4,6-11,20-21H,5,12-19,22H2,1-2H3. The van der Waals surface area contributed by atoms with Gasteiger partial charge < -0.3 is 23.8 Å². The molecule has 0 radical (unpaired) electrons. The normalized spacial score (nSPS) is 15.7. The number of amides is 1. The van der Waals surface area contributed by atoms with Gasteiger partial charge in [0, 0.05) is 66.6 Å². The van der Waals surface area contributed by atoms with E-state index in [2.05, 4.69) is 77.0 Å². The molecule has 198 valence electrons. The van der Waals surface area contributed by atoms with Crippen molar-refractivity contribution in [2.24, 2.45) is 0 Å². The second-order valence-corrected chi connectivity index (χ2v) is 10.6. The Balaban J connectivity index is 1.12. The first-order valence-electron chi connectivity index (χ1n) is 13.6. The zero-order chi connectivity index (χ0) is 26.1. The maximum Gasteiger partial charge on any atom is 0.254 e. The van der Waals surface area contributed by atoms with Gasteiger partial charge in [-0.1, -0.05) is 30.3 Å². The van der Waals surface area contributed by atoms with Crippen molar-refractivity contribution in [2.45, 2.75) is 19.4 Å². The van der Waals surface area contributed by atoms with E-state index in [0.717, 1.165) is 81.2 Å². The van der Waals surface area contributed by atoms with Crippen molar-refractivity contribution >= 4 is 27.7 Å². The number of aromatic nitrogens is 1. The van der Waals surface area contributed by atoms with Crippen LogP contribution in [-0.2, 0) is 13.0 Å². The lowest BCUT2D eigenvalue weighted by Gasteiger charge is -2.34. The summed E-state index contributed by atoms with van der Waals surface area (Å²) >= 11 is 0. The van der Waals surface area contributed by atoms with Crippen LogP contribution < -0.4 is 9.47 Å². The van der Waals surface area contributed by atoms with Crippen LogP contribution in [-0.4, -0.2) is 85.3 Å². The number of hydrogen-bond donors (Lipinski definition) is 0. The van der Waals surface area contributed by atoms with Crippen molar-refractivity contribution in [1.82, 2.24) is 19.3 Å². The number of piperazine rings is 1. The molecule has 1 amide bonds. The van der Waals surface area contributed by atoms with Gasteiger partial charge in [0.25, 0.3) is 5.91 Å². The minimum absolute atomic E-state index is 0.132. The van der Waals surface area contributed by atoms with Gasteiger partial charge in [0.2, 0.25) is 6.79 Å². The molecule has 3 heterocycles. The van der Waals surface area contributed by atoms with Crippen molar-refractivity contribution in [3.8, 4) is 11.5 Å². The van der Waals surface area contributed by atoms with Gasteiger partial charge >= 0.3 is 0 Å². The minimum atomic E-state index is 0.132. The van der Waals surface area contributed by atoms with E-state index < -0.39 is 0 Å². The van der Waals surface area contributed by atoms with Gasteiger partial charge in [-0.05, 0) is 69.4 Å². The predicted molar refractivity (Wildman–Crippen MR) is 151 cm³/mol. The Hall–Kier alpha value is -3.55. The average molecular weight is 513 g/mol. The lowest BCUT2D eigenvalue weighted by Crippen LogP contribution is -2.49. The summed E-state index contributed by atoms with van der Waals surface area (Å²) in [5, 5.41) is 2.47. The van der Waals surface area contributed by atoms with E-state index in [-0.39, 0.29) is 5.91 Å². The molecule has 1 fully saturated rings. The molecule has 0 atom stereocenters. The van der Waals surface area contributed by atoms with Crippen LogP contribution in [0.5, 0.6) is 11.5 Å². The van der Waals surface area contributed by atoms with Gasteiger partial charge in [-0.15, -0.1) is 0 Å². The number of nitrogens with zero attached hydrogens (tertiary/aromatic N) is 4. The third-order valence-corrected chi connectivity index (χ3v) is 7.82. The molecule has 4 aromatic rings. The smallest absolute Gasteiger partial charge is 0.254 e. The Morgan fingerprint density at radius 1 is 0.842 bits per heavy atom. The zero-order valence-electron chi connectivity index (χ0n) is 22.4. The average Bonchev–Trinajstić information content (AvgIpc) is 3.54. The van der Waals surface area contributed by atoms with E-state index in [1.54, 1.807) is 0 Å². The van der Waals surface area contributed by atoms with Crippen molar-refractivity contribution in [3.05, 3.63) is 71.8 Å². The number of carbonyl (C=O) groups is 1. The van der Waals surface area contributed by atoms with E-state index in [4.69, 9.17) is 9.47 Å². The molecule has 1 saturated heterocycles. The molecule has 7 nitrogen and oxygen atoms in total. The molecular formula is C31H36N4O3. The first-order chi connectivity index (χ1) is 18.6. The highest BCUT2D eigenvalue weighted by Gasteiger charge is 2.23. The lowest BCUT2D eigenvalue weighted by atomic mass is 10.1. The first kappa shape index (κ1) is 24.8. The number of ether oxygens (including phenoxy) is 2. The minimum Gasteiger partial charge on any atom is -0.454 e. The highest BCUT2D eigenvalue weighted by molar-refractivity contribution is 6.10. The van der Waals surface area contributed by atoms with E-state index in [0.29, 0.717) is 6.79 Å². The summed E-state index contributed by atoms with van der Waals surface area (Å²) in [4.78, 5) is 20.2. The molecule has 0 aliphatic carbocycles. The highest BCUT2D eigenvalue weighted by atomic mass is 16.7. The summed E-state index contributed by atoms with van der Waals surface area (Å²) in [5.41, 5.74) is 4.42. The Morgan fingerprint density at radius 2 is 1.63 bits per heavy atom. The molecule has 1 aromatic heterocycles. The molecule has 38 heavy (non-hydrogen) atoms. The Morgan fingerprint density at radius 3 is 2.47 bits per heavy atom. The monoisotopic (exact) mass is 512 g/mol. The number of rotatable bonds is 8. The van der Waals surface area contributed by atoms with Gasteiger partial charge in [0.1, 0.15) is 0 Å². The highest BCUT2D eigenvalue weighted by Crippen LogP contribution is 2.33. The van der Waals surface area contributed by atoms with E-state index >= 15 is 0 Å². The van der Waals surface area contributed by atoms with Crippen LogP contribution in [0, 0.1) is 0 Å². The molecule has 0 saturated carbocycles. The molecule has 0 N–H and O–H groups in total. The summed E-state index contributed by atoms with van der Waals surface area (Å²) in [7, 11) is 4.22. The van der Waals surface area contributed by atoms with Crippen molar-refractivity contribution in [2.75, 3.05) is 60.2 Å². The second-order valence-electron chi connectivity index (χ2n) is 10.6. The van der Waals surface area contributed by atoms with Crippen LogP contribution in [0.25, 0.3) is 21.8 Å². The van der Waals surface area contributed by atoms with Crippen LogP contribution in [0.1, 0.15) is 22.3 Å². The summed E-state index contributed by atoms with van der Waals surface area (Å²) in [6.07, 6.45) is 2.02. The van der Waals surface area contributed by atoms with E-state index in [1.165, 1.54) is 21.9 Å². The zero-order valence-corrected chi connectivity index (χ0v) is 22.4. The molecule has 6 rings (SSSR count). The second kappa shape index (κ2) is 10.7. The molecule has 0 unspecified atom stereocenters. The number of fused-ring (bicyclic) bond motifs is 4. The Bertz CT molecular complexity index is 1450. The lowest BCUT2D eigenvalue weighted by molar-refractivity contribution is 0.0638. The fourth-order valence-electron chi connectivity index (χ4n) is 5.71. The topological polar surface area (TPSA) is 50.2 Å². The van der Waals surface area contributed by atoms with Crippen molar-refractivity contribution in [1.29, 1.82) is 0 Å². The first-order valence-corrected chi connectivity index (χ1v) is 13.6. The van der Waals surface area contributed by atoms with Crippen LogP contribution in [0.15, 0.2) is 60.7 Å². The van der Waals surface area contributed by atoms with Gasteiger partial charge in [-0.3, -0.25) is 9.69 Å². The molecule has 2 aliphatic heterocycles. The van der Waals surface area contributed by atoms with E-state index in [9.17, 15) is 4.79 Å². The SMILES string of the molecule is CN(C)CCCn1c2ccccc2c2ccc(C(=O)N3CCN(CCc4ccc5c(c4)OCO5)CC3)cc21. The summed E-state index contributed by atoms with van der Waals surface area (Å²) in [6.45, 7) is 6.54. The molecule has 2 aliphatic rings. The third kappa shape index (κ3) is 4.96. The summed E-state index contributed by atoms with van der Waals surface area (Å²) in [5.74, 6) is 1.80. The van der Waals surface area contributed by atoms with Crippen LogP contribution in [0.4, 0.5) is 0 Å². The van der Waals surface area contributed by atoms with Crippen LogP contribution >= 0.6 is 0 Å². The number of benzene rings is 3. The number of aryl methyl sites for hydroxylation is 1. The van der Waals surface area contributed by atoms with E-state index in [1.807, 2.05) is 17.0 Å². The number of carbonyl (C=O) groups excluding carboxylic acids is 1. The van der Waals surface area contributed by atoms with Crippen molar-refractivity contribution in [3.63, 3.8) is 0 Å². The third-order valence-electron chi connectivity index (χ3n) is 7.82.